The SMILES string of the molecule is C=CCOC(=O)c1sc(N2C(=O)C(=O)C(=C(O)c3cccc(OCC)c3)C2c2cccs2)nc1C. The van der Waals surface area contributed by atoms with Gasteiger partial charge in [0, 0.05) is 10.4 Å². The number of aromatic nitrogens is 1. The molecular weight excluding hydrogens is 488 g/mol. The number of Topliss-reactive ketones (excluding diaryl/α,β-unsaturated/α-hetero) is 1. The summed E-state index contributed by atoms with van der Waals surface area (Å²) in [7, 11) is 0. The molecule has 1 saturated heterocycles. The molecule has 2 aromatic heterocycles. The number of ether oxygens (including phenoxy) is 2. The van der Waals surface area contributed by atoms with Gasteiger partial charge in [0.05, 0.1) is 17.9 Å². The lowest BCUT2D eigenvalue weighted by molar-refractivity contribution is -0.132. The fourth-order valence-electron chi connectivity index (χ4n) is 3.68. The number of aryl methyl sites for hydroxylation is 1. The molecule has 0 bridgehead atoms. The molecule has 1 aliphatic rings. The first-order valence-electron chi connectivity index (χ1n) is 10.7. The van der Waals surface area contributed by atoms with Crippen molar-refractivity contribution in [2.24, 2.45) is 0 Å². The number of anilines is 1. The zero-order chi connectivity index (χ0) is 25.1. The minimum Gasteiger partial charge on any atom is -0.507 e. The number of aliphatic hydroxyl groups is 1. The second-order valence-corrected chi connectivity index (χ2v) is 9.40. The third kappa shape index (κ3) is 4.62. The molecule has 1 fully saturated rings. The first-order valence-corrected chi connectivity index (χ1v) is 12.4. The van der Waals surface area contributed by atoms with Gasteiger partial charge in [0.25, 0.3) is 5.78 Å². The Morgan fingerprint density at radius 3 is 2.77 bits per heavy atom. The summed E-state index contributed by atoms with van der Waals surface area (Å²) < 4.78 is 10.6. The molecule has 0 spiro atoms. The average molecular weight is 511 g/mol. The number of amides is 1. The van der Waals surface area contributed by atoms with Crippen LogP contribution in [0.25, 0.3) is 5.76 Å². The number of esters is 1. The minimum atomic E-state index is -0.909. The smallest absolute Gasteiger partial charge is 0.350 e. The maximum absolute atomic E-state index is 13.2. The summed E-state index contributed by atoms with van der Waals surface area (Å²) in [6.45, 7) is 7.46. The molecule has 4 rings (SSSR count). The first-order chi connectivity index (χ1) is 16.9. The van der Waals surface area contributed by atoms with Crippen molar-refractivity contribution in [3.63, 3.8) is 0 Å². The van der Waals surface area contributed by atoms with E-state index >= 15 is 0 Å². The molecule has 3 aromatic rings. The van der Waals surface area contributed by atoms with Crippen LogP contribution in [0.5, 0.6) is 5.75 Å². The van der Waals surface area contributed by atoms with Crippen molar-refractivity contribution in [2.45, 2.75) is 19.9 Å². The molecule has 180 valence electrons. The highest BCUT2D eigenvalue weighted by atomic mass is 32.1. The molecule has 10 heteroatoms. The van der Waals surface area contributed by atoms with Crippen LogP contribution in [0.3, 0.4) is 0 Å². The molecule has 0 saturated carbocycles. The number of carbonyl (C=O) groups excluding carboxylic acids is 3. The Morgan fingerprint density at radius 2 is 2.09 bits per heavy atom. The summed E-state index contributed by atoms with van der Waals surface area (Å²) in [5, 5.41) is 13.2. The van der Waals surface area contributed by atoms with Gasteiger partial charge in [-0.1, -0.05) is 42.2 Å². The largest absolute Gasteiger partial charge is 0.507 e. The Labute approximate surface area is 209 Å². The van der Waals surface area contributed by atoms with Crippen LogP contribution < -0.4 is 9.64 Å². The summed E-state index contributed by atoms with van der Waals surface area (Å²) >= 11 is 2.29. The van der Waals surface area contributed by atoms with E-state index in [1.807, 2.05) is 12.3 Å². The summed E-state index contributed by atoms with van der Waals surface area (Å²) in [5.41, 5.74) is 0.657. The lowest BCUT2D eigenvalue weighted by atomic mass is 10.00. The van der Waals surface area contributed by atoms with Crippen LogP contribution in [-0.2, 0) is 14.3 Å². The van der Waals surface area contributed by atoms with Crippen molar-refractivity contribution in [1.29, 1.82) is 0 Å². The summed E-state index contributed by atoms with van der Waals surface area (Å²) in [5.74, 6) is -2.07. The van der Waals surface area contributed by atoms with E-state index in [0.29, 0.717) is 28.5 Å². The molecule has 1 aromatic carbocycles. The van der Waals surface area contributed by atoms with Crippen LogP contribution in [0, 0.1) is 6.92 Å². The third-order valence-electron chi connectivity index (χ3n) is 5.18. The summed E-state index contributed by atoms with van der Waals surface area (Å²) in [4.78, 5) is 45.4. The Balaban J connectivity index is 1.83. The number of hydrogen-bond acceptors (Lipinski definition) is 9. The topological polar surface area (TPSA) is 106 Å². The number of benzene rings is 1. The normalized spacial score (nSPS) is 17.0. The molecule has 0 aliphatic carbocycles. The standard InChI is InChI=1S/C25H22N2O6S2/c1-4-11-33-24(31)22-14(3)26-25(35-22)27-19(17-10-7-12-34-17)18(21(29)23(27)30)20(28)15-8-6-9-16(13-15)32-5-2/h4,6-10,12-13,19,28H,1,5,11H2,2-3H3. The minimum absolute atomic E-state index is 0.0338. The molecule has 0 radical (unpaired) electrons. The molecule has 1 atom stereocenters. The van der Waals surface area contributed by atoms with Crippen molar-refractivity contribution in [3.8, 4) is 5.75 Å². The van der Waals surface area contributed by atoms with Gasteiger partial charge in [0.2, 0.25) is 0 Å². The Kier molecular flexibility index (Phi) is 7.13. The summed E-state index contributed by atoms with van der Waals surface area (Å²) in [6, 6.07) is 9.34. The van der Waals surface area contributed by atoms with Gasteiger partial charge in [-0.3, -0.25) is 14.5 Å². The van der Waals surface area contributed by atoms with Gasteiger partial charge >= 0.3 is 11.9 Å². The molecule has 8 nitrogen and oxygen atoms in total. The number of nitrogens with zero attached hydrogens (tertiary/aromatic N) is 2. The number of hydrogen-bond donors (Lipinski definition) is 1. The van der Waals surface area contributed by atoms with E-state index in [1.54, 1.807) is 43.3 Å². The van der Waals surface area contributed by atoms with Crippen molar-refractivity contribution >= 4 is 51.2 Å². The van der Waals surface area contributed by atoms with E-state index in [4.69, 9.17) is 9.47 Å². The van der Waals surface area contributed by atoms with Gasteiger partial charge in [-0.05, 0) is 37.4 Å². The highest BCUT2D eigenvalue weighted by Crippen LogP contribution is 2.45. The molecule has 1 amide bonds. The first kappa shape index (κ1) is 24.4. The predicted molar refractivity (Wildman–Crippen MR) is 134 cm³/mol. The summed E-state index contributed by atoms with van der Waals surface area (Å²) in [6.07, 6.45) is 1.45. The average Bonchev–Trinajstić information content (AvgIpc) is 3.57. The van der Waals surface area contributed by atoms with Crippen molar-refractivity contribution in [2.75, 3.05) is 18.1 Å². The van der Waals surface area contributed by atoms with E-state index in [1.165, 1.54) is 22.3 Å². The third-order valence-corrected chi connectivity index (χ3v) is 7.25. The van der Waals surface area contributed by atoms with Crippen LogP contribution in [-0.4, -0.2) is 41.0 Å². The molecule has 1 aliphatic heterocycles. The number of aliphatic hydroxyl groups excluding tert-OH is 1. The van der Waals surface area contributed by atoms with E-state index in [9.17, 15) is 19.5 Å². The molecule has 1 N–H and O–H groups in total. The number of ketones is 1. The fourth-order valence-corrected chi connectivity index (χ4v) is 5.49. The molecule has 3 heterocycles. The van der Waals surface area contributed by atoms with Crippen LogP contribution in [0.1, 0.15) is 38.8 Å². The van der Waals surface area contributed by atoms with Crippen molar-refractivity contribution in [1.82, 2.24) is 4.98 Å². The van der Waals surface area contributed by atoms with Gasteiger partial charge in [0.1, 0.15) is 29.0 Å². The second-order valence-electron chi connectivity index (χ2n) is 7.44. The molecule has 1 unspecified atom stereocenters. The molecule has 35 heavy (non-hydrogen) atoms. The van der Waals surface area contributed by atoms with Gasteiger partial charge in [0.15, 0.2) is 5.13 Å². The number of rotatable bonds is 8. The maximum atomic E-state index is 13.2. The second kappa shape index (κ2) is 10.2. The zero-order valence-corrected chi connectivity index (χ0v) is 20.6. The van der Waals surface area contributed by atoms with E-state index < -0.39 is 23.7 Å². The fraction of sp³-hybridized carbons (Fsp3) is 0.200. The Hall–Kier alpha value is -3.76. The van der Waals surface area contributed by atoms with Crippen LogP contribution in [0.2, 0.25) is 0 Å². The van der Waals surface area contributed by atoms with Gasteiger partial charge in [-0.15, -0.1) is 11.3 Å². The molecular formula is C25H22N2O6S2. The van der Waals surface area contributed by atoms with Crippen LogP contribution >= 0.6 is 22.7 Å². The zero-order valence-electron chi connectivity index (χ0n) is 19.0. The maximum Gasteiger partial charge on any atom is 0.350 e. The Morgan fingerprint density at radius 1 is 1.29 bits per heavy atom. The quantitative estimate of drug-likeness (QED) is 0.151. The van der Waals surface area contributed by atoms with E-state index in [2.05, 4.69) is 11.6 Å². The number of carbonyl (C=O) groups is 3. The van der Waals surface area contributed by atoms with E-state index in [0.717, 1.165) is 11.3 Å². The lowest BCUT2D eigenvalue weighted by Crippen LogP contribution is -2.29. The van der Waals surface area contributed by atoms with Crippen LogP contribution in [0.4, 0.5) is 5.13 Å². The lowest BCUT2D eigenvalue weighted by Gasteiger charge is -2.21. The van der Waals surface area contributed by atoms with Crippen molar-refractivity contribution in [3.05, 3.63) is 81.0 Å². The Bertz CT molecular complexity index is 1330. The van der Waals surface area contributed by atoms with Gasteiger partial charge < -0.3 is 14.6 Å². The van der Waals surface area contributed by atoms with Crippen molar-refractivity contribution < 1.29 is 29.0 Å². The highest BCUT2D eigenvalue weighted by Gasteiger charge is 2.49. The van der Waals surface area contributed by atoms with E-state index in [-0.39, 0.29) is 27.9 Å². The number of thiophene rings is 1. The van der Waals surface area contributed by atoms with Crippen LogP contribution in [0.15, 0.2) is 60.0 Å². The van der Waals surface area contributed by atoms with Gasteiger partial charge in [-0.2, -0.15) is 0 Å². The number of thiazole rings is 1. The monoisotopic (exact) mass is 510 g/mol. The highest BCUT2D eigenvalue weighted by molar-refractivity contribution is 7.18. The predicted octanol–water partition coefficient (Wildman–Crippen LogP) is 4.88. The van der Waals surface area contributed by atoms with Gasteiger partial charge in [-0.25, -0.2) is 9.78 Å².